The van der Waals surface area contributed by atoms with Crippen LogP contribution in [-0.4, -0.2) is 46.9 Å². The van der Waals surface area contributed by atoms with E-state index in [9.17, 15) is 14.9 Å². The molecule has 1 aliphatic heterocycles. The molecule has 0 bridgehead atoms. The van der Waals surface area contributed by atoms with Gasteiger partial charge in [-0.3, -0.25) is 14.9 Å². The molecule has 2 atom stereocenters. The fourth-order valence-corrected chi connectivity index (χ4v) is 2.65. The number of halogens is 2. The van der Waals surface area contributed by atoms with Gasteiger partial charge in [-0.25, -0.2) is 0 Å². The Balaban J connectivity index is 2.31. The highest BCUT2D eigenvalue weighted by Crippen LogP contribution is 2.25. The maximum absolute atomic E-state index is 12.5. The first-order valence-electron chi connectivity index (χ1n) is 6.37. The number of amides is 1. The molecule has 1 amide bonds. The van der Waals surface area contributed by atoms with Gasteiger partial charge in [0.1, 0.15) is 5.56 Å². The highest BCUT2D eigenvalue weighted by Gasteiger charge is 2.31. The zero-order chi connectivity index (χ0) is 15.6. The van der Waals surface area contributed by atoms with E-state index in [-0.39, 0.29) is 34.4 Å². The summed E-state index contributed by atoms with van der Waals surface area (Å²) in [4.78, 5) is 24.5. The van der Waals surface area contributed by atoms with E-state index in [0.717, 1.165) is 0 Å². The summed E-state index contributed by atoms with van der Waals surface area (Å²) >= 11 is 11.6. The lowest BCUT2D eigenvalue weighted by Crippen LogP contribution is -2.49. The van der Waals surface area contributed by atoms with Crippen LogP contribution >= 0.6 is 23.2 Å². The number of alkyl halides is 1. The number of rotatable bonds is 3. The normalized spacial score (nSPS) is 22.1. The molecular weight excluding hydrogens is 319 g/mol. The number of hydrogen-bond acceptors (Lipinski definition) is 4. The third kappa shape index (κ3) is 3.64. The van der Waals surface area contributed by atoms with E-state index in [0.29, 0.717) is 13.1 Å². The summed E-state index contributed by atoms with van der Waals surface area (Å²) in [5.41, 5.74) is -0.277. The van der Waals surface area contributed by atoms with Gasteiger partial charge in [0.05, 0.1) is 23.0 Å². The van der Waals surface area contributed by atoms with Crippen LogP contribution < -0.4 is 0 Å². The predicted molar refractivity (Wildman–Crippen MR) is 79.1 cm³/mol. The first kappa shape index (κ1) is 16.0. The number of nitro benzene ring substituents is 1. The third-order valence-electron chi connectivity index (χ3n) is 3.17. The van der Waals surface area contributed by atoms with Crippen molar-refractivity contribution in [1.29, 1.82) is 0 Å². The number of nitro groups is 1. The fraction of sp³-hybridized carbons (Fsp3) is 0.462. The molecule has 1 heterocycles. The monoisotopic (exact) mass is 332 g/mol. The Morgan fingerprint density at radius 3 is 2.86 bits per heavy atom. The van der Waals surface area contributed by atoms with Crippen molar-refractivity contribution < 1.29 is 14.5 Å². The Bertz CT molecular complexity index is 567. The first-order valence-corrected chi connectivity index (χ1v) is 7.28. The minimum Gasteiger partial charge on any atom is -0.370 e. The minimum atomic E-state index is -0.591. The van der Waals surface area contributed by atoms with Gasteiger partial charge in [-0.1, -0.05) is 11.6 Å². The topological polar surface area (TPSA) is 72.7 Å². The van der Waals surface area contributed by atoms with Crippen LogP contribution in [0.5, 0.6) is 0 Å². The molecule has 0 spiro atoms. The minimum absolute atomic E-state index is 0.0186. The molecule has 0 N–H and O–H groups in total. The van der Waals surface area contributed by atoms with Crippen molar-refractivity contribution in [3.05, 3.63) is 38.9 Å². The van der Waals surface area contributed by atoms with E-state index in [1.807, 2.05) is 6.92 Å². The molecule has 21 heavy (non-hydrogen) atoms. The van der Waals surface area contributed by atoms with Gasteiger partial charge in [0.2, 0.25) is 0 Å². The molecule has 1 aromatic carbocycles. The number of carbonyl (C=O) groups excluding carboxylic acids is 1. The Morgan fingerprint density at radius 1 is 1.52 bits per heavy atom. The zero-order valence-corrected chi connectivity index (χ0v) is 12.8. The molecule has 2 rings (SSSR count). The summed E-state index contributed by atoms with van der Waals surface area (Å²) in [5.74, 6) is -0.180. The Labute approximate surface area is 131 Å². The lowest BCUT2D eigenvalue weighted by Gasteiger charge is -2.36. The van der Waals surface area contributed by atoms with Gasteiger partial charge in [-0.05, 0) is 19.1 Å². The van der Waals surface area contributed by atoms with Gasteiger partial charge >= 0.3 is 0 Å². The van der Waals surface area contributed by atoms with Crippen molar-refractivity contribution in [3.63, 3.8) is 0 Å². The van der Waals surface area contributed by atoms with Crippen LogP contribution in [0, 0.1) is 10.1 Å². The van der Waals surface area contributed by atoms with E-state index < -0.39 is 10.8 Å². The molecule has 0 radical (unpaired) electrons. The maximum atomic E-state index is 12.5. The van der Waals surface area contributed by atoms with Crippen molar-refractivity contribution in [2.45, 2.75) is 19.1 Å². The van der Waals surface area contributed by atoms with Crippen LogP contribution in [-0.2, 0) is 4.74 Å². The number of carbonyl (C=O) groups is 1. The predicted octanol–water partition coefficient (Wildman–Crippen LogP) is 2.72. The van der Waals surface area contributed by atoms with Crippen LogP contribution in [0.15, 0.2) is 18.2 Å². The van der Waals surface area contributed by atoms with Crippen LogP contribution in [0.25, 0.3) is 0 Å². The molecule has 2 unspecified atom stereocenters. The quantitative estimate of drug-likeness (QED) is 0.484. The molecule has 1 fully saturated rings. The van der Waals surface area contributed by atoms with Crippen molar-refractivity contribution in [2.24, 2.45) is 0 Å². The molecule has 0 aliphatic carbocycles. The molecule has 1 aromatic rings. The van der Waals surface area contributed by atoms with Gasteiger partial charge in [0.25, 0.3) is 11.6 Å². The van der Waals surface area contributed by atoms with E-state index in [4.69, 9.17) is 27.9 Å². The second-order valence-corrected chi connectivity index (χ2v) is 5.60. The number of nitrogens with zero attached hydrogens (tertiary/aromatic N) is 2. The van der Waals surface area contributed by atoms with Gasteiger partial charge in [0.15, 0.2) is 0 Å². The molecule has 6 nitrogen and oxygen atoms in total. The summed E-state index contributed by atoms with van der Waals surface area (Å²) in [6.45, 7) is 2.48. The molecular formula is C13H14Cl2N2O4. The summed E-state index contributed by atoms with van der Waals surface area (Å²) in [6.07, 6.45) is -0.456. The Kier molecular flexibility index (Phi) is 5.03. The first-order chi connectivity index (χ1) is 9.92. The Morgan fingerprint density at radius 2 is 2.24 bits per heavy atom. The second-order valence-electron chi connectivity index (χ2n) is 4.85. The Hall–Kier alpha value is -1.37. The second kappa shape index (κ2) is 6.60. The van der Waals surface area contributed by atoms with Crippen molar-refractivity contribution >= 4 is 34.8 Å². The molecule has 114 valence electrons. The van der Waals surface area contributed by atoms with Crippen molar-refractivity contribution in [3.8, 4) is 0 Å². The largest absolute Gasteiger partial charge is 0.370 e. The maximum Gasteiger partial charge on any atom is 0.282 e. The number of ether oxygens (including phenoxy) is 1. The van der Waals surface area contributed by atoms with E-state index >= 15 is 0 Å². The molecule has 0 saturated carbocycles. The van der Waals surface area contributed by atoms with Gasteiger partial charge in [-0.15, -0.1) is 11.6 Å². The highest BCUT2D eigenvalue weighted by molar-refractivity contribution is 6.31. The zero-order valence-electron chi connectivity index (χ0n) is 11.3. The van der Waals surface area contributed by atoms with Crippen molar-refractivity contribution in [2.75, 3.05) is 19.0 Å². The lowest BCUT2D eigenvalue weighted by molar-refractivity contribution is -0.385. The number of morpholine rings is 1. The van der Waals surface area contributed by atoms with Crippen LogP contribution in [0.3, 0.4) is 0 Å². The third-order valence-corrected chi connectivity index (χ3v) is 3.75. The average molecular weight is 333 g/mol. The fourth-order valence-electron chi connectivity index (χ4n) is 2.31. The van der Waals surface area contributed by atoms with E-state index in [1.165, 1.54) is 23.1 Å². The summed E-state index contributed by atoms with van der Waals surface area (Å²) in [7, 11) is 0. The molecule has 1 aliphatic rings. The number of benzene rings is 1. The van der Waals surface area contributed by atoms with Crippen LogP contribution in [0.2, 0.25) is 5.02 Å². The number of hydrogen-bond donors (Lipinski definition) is 0. The smallest absolute Gasteiger partial charge is 0.282 e. The average Bonchev–Trinajstić information content (AvgIpc) is 2.45. The van der Waals surface area contributed by atoms with E-state index in [2.05, 4.69) is 0 Å². The molecule has 0 aromatic heterocycles. The molecule has 8 heteroatoms. The summed E-state index contributed by atoms with van der Waals surface area (Å²) < 4.78 is 5.57. The van der Waals surface area contributed by atoms with Gasteiger partial charge < -0.3 is 9.64 Å². The standard InChI is InChI=1S/C13H14Cl2N2O4/c1-8-6-16(7-10(5-14)21-8)13(18)11-4-9(15)2-3-12(11)17(19)20/h2-4,8,10H,5-7H2,1H3. The van der Waals surface area contributed by atoms with Gasteiger partial charge in [-0.2, -0.15) is 0 Å². The SMILES string of the molecule is CC1CN(C(=O)c2cc(Cl)ccc2[N+](=O)[O-])CC(CCl)O1. The summed E-state index contributed by atoms with van der Waals surface area (Å²) in [5, 5.41) is 11.3. The summed E-state index contributed by atoms with van der Waals surface area (Å²) in [6, 6.07) is 3.94. The van der Waals surface area contributed by atoms with Crippen LogP contribution in [0.1, 0.15) is 17.3 Å². The van der Waals surface area contributed by atoms with Crippen LogP contribution in [0.4, 0.5) is 5.69 Å². The highest BCUT2D eigenvalue weighted by atomic mass is 35.5. The van der Waals surface area contributed by atoms with Crippen molar-refractivity contribution in [1.82, 2.24) is 4.90 Å². The molecule has 1 saturated heterocycles. The lowest BCUT2D eigenvalue weighted by atomic mass is 10.1. The van der Waals surface area contributed by atoms with Gasteiger partial charge in [0, 0.05) is 24.2 Å². The van der Waals surface area contributed by atoms with E-state index in [1.54, 1.807) is 0 Å².